The van der Waals surface area contributed by atoms with Crippen LogP contribution in [-0.4, -0.2) is 44.1 Å². The van der Waals surface area contributed by atoms with Crippen LogP contribution in [-0.2, 0) is 16.6 Å². The van der Waals surface area contributed by atoms with E-state index in [0.29, 0.717) is 18.7 Å². The summed E-state index contributed by atoms with van der Waals surface area (Å²) >= 11 is 0. The molecule has 0 saturated carbocycles. The summed E-state index contributed by atoms with van der Waals surface area (Å²) in [5, 5.41) is 11.0. The molecule has 8 heteroatoms. The Morgan fingerprint density at radius 2 is 2.17 bits per heavy atom. The first-order valence-electron chi connectivity index (χ1n) is 7.66. The zero-order valence-corrected chi connectivity index (χ0v) is 14.3. The zero-order valence-electron chi connectivity index (χ0n) is 13.5. The smallest absolute Gasteiger partial charge is 0.272 e. The molecule has 1 N–H and O–H groups in total. The number of likely N-dealkylation sites (tertiary alicyclic amines) is 1. The molecule has 0 bridgehead atoms. The SMILES string of the molecule is Cc1c(CN2CCC[C@H](CNS(C)(=O)=O)C2)cccc1[N+](=O)[O-]. The van der Waals surface area contributed by atoms with E-state index in [1.54, 1.807) is 13.0 Å². The molecule has 2 rings (SSSR count). The minimum Gasteiger partial charge on any atom is -0.299 e. The van der Waals surface area contributed by atoms with Crippen LogP contribution < -0.4 is 4.72 Å². The normalized spacial score (nSPS) is 19.7. The van der Waals surface area contributed by atoms with Crippen molar-refractivity contribution in [2.24, 2.45) is 5.92 Å². The van der Waals surface area contributed by atoms with E-state index in [9.17, 15) is 18.5 Å². The number of benzene rings is 1. The minimum absolute atomic E-state index is 0.148. The summed E-state index contributed by atoms with van der Waals surface area (Å²) in [6.07, 6.45) is 3.16. The lowest BCUT2D eigenvalue weighted by molar-refractivity contribution is -0.385. The molecule has 1 aliphatic rings. The van der Waals surface area contributed by atoms with E-state index in [1.165, 1.54) is 12.3 Å². The monoisotopic (exact) mass is 341 g/mol. The third-order valence-corrected chi connectivity index (χ3v) is 4.94. The second-order valence-electron chi connectivity index (χ2n) is 6.18. The largest absolute Gasteiger partial charge is 0.299 e. The zero-order chi connectivity index (χ0) is 17.0. The Kier molecular flexibility index (Phi) is 5.72. The minimum atomic E-state index is -3.17. The highest BCUT2D eigenvalue weighted by atomic mass is 32.2. The molecule has 1 aromatic rings. The molecule has 1 atom stereocenters. The molecular weight excluding hydrogens is 318 g/mol. The van der Waals surface area contributed by atoms with Gasteiger partial charge < -0.3 is 0 Å². The van der Waals surface area contributed by atoms with Crippen LogP contribution in [0.1, 0.15) is 24.0 Å². The van der Waals surface area contributed by atoms with Gasteiger partial charge in [0, 0.05) is 31.3 Å². The van der Waals surface area contributed by atoms with Crippen molar-refractivity contribution in [3.05, 3.63) is 39.4 Å². The molecule has 0 radical (unpaired) electrons. The van der Waals surface area contributed by atoms with Crippen molar-refractivity contribution in [2.45, 2.75) is 26.3 Å². The lowest BCUT2D eigenvalue weighted by atomic mass is 9.97. The number of nitrogens with zero attached hydrogens (tertiary/aromatic N) is 2. The second kappa shape index (κ2) is 7.37. The molecule has 128 valence electrons. The molecule has 1 aliphatic heterocycles. The summed E-state index contributed by atoms with van der Waals surface area (Å²) in [4.78, 5) is 12.9. The van der Waals surface area contributed by atoms with E-state index in [2.05, 4.69) is 9.62 Å². The number of hydrogen-bond acceptors (Lipinski definition) is 5. The molecule has 1 heterocycles. The van der Waals surface area contributed by atoms with E-state index >= 15 is 0 Å². The van der Waals surface area contributed by atoms with Gasteiger partial charge in [0.25, 0.3) is 5.69 Å². The van der Waals surface area contributed by atoms with Gasteiger partial charge in [0.15, 0.2) is 0 Å². The maximum absolute atomic E-state index is 11.2. The quantitative estimate of drug-likeness (QED) is 0.627. The Bertz CT molecular complexity index is 675. The van der Waals surface area contributed by atoms with Crippen LogP contribution in [0.5, 0.6) is 0 Å². The summed E-state index contributed by atoms with van der Waals surface area (Å²) in [6, 6.07) is 5.15. The summed E-state index contributed by atoms with van der Waals surface area (Å²) in [6.45, 7) is 4.61. The van der Waals surface area contributed by atoms with Crippen molar-refractivity contribution < 1.29 is 13.3 Å². The molecule has 0 aromatic heterocycles. The molecule has 1 saturated heterocycles. The highest BCUT2D eigenvalue weighted by Crippen LogP contribution is 2.24. The van der Waals surface area contributed by atoms with E-state index in [4.69, 9.17) is 0 Å². The molecule has 0 unspecified atom stereocenters. The number of nitro benzene ring substituents is 1. The van der Waals surface area contributed by atoms with E-state index in [-0.39, 0.29) is 16.5 Å². The van der Waals surface area contributed by atoms with Gasteiger partial charge in [0.2, 0.25) is 10.0 Å². The van der Waals surface area contributed by atoms with E-state index in [1.807, 2.05) is 6.07 Å². The van der Waals surface area contributed by atoms with E-state index < -0.39 is 10.0 Å². The van der Waals surface area contributed by atoms with Crippen molar-refractivity contribution in [3.8, 4) is 0 Å². The second-order valence-corrected chi connectivity index (χ2v) is 8.02. The number of piperidine rings is 1. The van der Waals surface area contributed by atoms with Crippen molar-refractivity contribution in [3.63, 3.8) is 0 Å². The topological polar surface area (TPSA) is 92.6 Å². The molecule has 0 amide bonds. The lowest BCUT2D eigenvalue weighted by Gasteiger charge is -2.33. The molecule has 23 heavy (non-hydrogen) atoms. The number of nitro groups is 1. The third-order valence-electron chi connectivity index (χ3n) is 4.25. The highest BCUT2D eigenvalue weighted by Gasteiger charge is 2.22. The first-order valence-corrected chi connectivity index (χ1v) is 9.55. The number of hydrogen-bond donors (Lipinski definition) is 1. The van der Waals surface area contributed by atoms with Crippen molar-refractivity contribution in [1.29, 1.82) is 0 Å². The van der Waals surface area contributed by atoms with Crippen LogP contribution in [0.25, 0.3) is 0 Å². The maximum atomic E-state index is 11.2. The average molecular weight is 341 g/mol. The van der Waals surface area contributed by atoms with Crippen molar-refractivity contribution in [2.75, 3.05) is 25.9 Å². The van der Waals surface area contributed by atoms with E-state index in [0.717, 1.165) is 31.5 Å². The average Bonchev–Trinajstić information content (AvgIpc) is 2.47. The molecular formula is C15H23N3O4S. The standard InChI is InChI=1S/C15H23N3O4S/c1-12-14(6-3-7-15(12)18(19)20)11-17-8-4-5-13(10-17)9-16-23(2,21)22/h3,6-7,13,16H,4-5,8-11H2,1-2H3/t13-/m1/s1. The van der Waals surface area contributed by atoms with Gasteiger partial charge in [0.1, 0.15) is 0 Å². The summed E-state index contributed by atoms with van der Waals surface area (Å²) < 4.78 is 25.0. The number of sulfonamides is 1. The van der Waals surface area contributed by atoms with Crippen LogP contribution in [0.2, 0.25) is 0 Å². The lowest BCUT2D eigenvalue weighted by Crippen LogP contribution is -2.40. The summed E-state index contributed by atoms with van der Waals surface area (Å²) in [5.41, 5.74) is 1.81. The first-order chi connectivity index (χ1) is 10.8. The van der Waals surface area contributed by atoms with Crippen LogP contribution in [0.3, 0.4) is 0 Å². The molecule has 7 nitrogen and oxygen atoms in total. The van der Waals surface area contributed by atoms with Crippen LogP contribution in [0.4, 0.5) is 5.69 Å². The van der Waals surface area contributed by atoms with Gasteiger partial charge >= 0.3 is 0 Å². The van der Waals surface area contributed by atoms with Gasteiger partial charge in [0.05, 0.1) is 11.2 Å². The van der Waals surface area contributed by atoms with Gasteiger partial charge in [-0.3, -0.25) is 15.0 Å². The van der Waals surface area contributed by atoms with Gasteiger partial charge in [-0.25, -0.2) is 13.1 Å². The Morgan fingerprint density at radius 1 is 1.43 bits per heavy atom. The third kappa shape index (κ3) is 5.26. The number of nitrogens with one attached hydrogen (secondary N) is 1. The fraction of sp³-hybridized carbons (Fsp3) is 0.600. The number of rotatable bonds is 6. The molecule has 1 fully saturated rings. The van der Waals surface area contributed by atoms with Gasteiger partial charge in [-0.05, 0) is 37.8 Å². The van der Waals surface area contributed by atoms with Crippen LogP contribution in [0, 0.1) is 23.0 Å². The summed E-state index contributed by atoms with van der Waals surface area (Å²) in [5.74, 6) is 0.275. The molecule has 0 spiro atoms. The van der Waals surface area contributed by atoms with Gasteiger partial charge in [-0.2, -0.15) is 0 Å². The van der Waals surface area contributed by atoms with Crippen LogP contribution in [0.15, 0.2) is 18.2 Å². The Balaban J connectivity index is 2.00. The fourth-order valence-electron chi connectivity index (χ4n) is 3.01. The molecule has 1 aromatic carbocycles. The fourth-order valence-corrected chi connectivity index (χ4v) is 3.55. The summed E-state index contributed by atoms with van der Waals surface area (Å²) in [7, 11) is -3.17. The first kappa shape index (κ1) is 17.8. The molecule has 0 aliphatic carbocycles. The Labute approximate surface area is 136 Å². The predicted octanol–water partition coefficient (Wildman–Crippen LogP) is 1.66. The highest BCUT2D eigenvalue weighted by molar-refractivity contribution is 7.88. The van der Waals surface area contributed by atoms with Crippen molar-refractivity contribution in [1.82, 2.24) is 9.62 Å². The Morgan fingerprint density at radius 3 is 2.83 bits per heavy atom. The Hall–Kier alpha value is -1.51. The maximum Gasteiger partial charge on any atom is 0.272 e. The van der Waals surface area contributed by atoms with Crippen molar-refractivity contribution >= 4 is 15.7 Å². The van der Waals surface area contributed by atoms with Crippen LogP contribution >= 0.6 is 0 Å². The van der Waals surface area contributed by atoms with Gasteiger partial charge in [-0.1, -0.05) is 12.1 Å². The van der Waals surface area contributed by atoms with Gasteiger partial charge in [-0.15, -0.1) is 0 Å². The predicted molar refractivity (Wildman–Crippen MR) is 88.7 cm³/mol.